The third kappa shape index (κ3) is 37.0. The SMILES string of the molecule is CCC(CCC(C)C)c1ccccc1.CCCC(CC(C)C)c1ccccc1.CCCC(C[C@@H](C)C(C)(C)C)c1ccccc1.CCCC(C[C@@H](C)C(CC)CC)c1ccccc1.CCCCC(c1ccccc1)[C@@H](C)C(C)C.CCCCC(c1ccccc1)[C@@H](C)C1CCCC1. The molecule has 6 aromatic carbocycles. The lowest BCUT2D eigenvalue weighted by atomic mass is 9.75. The van der Waals surface area contributed by atoms with Crippen LogP contribution in [-0.4, -0.2) is 0 Å². The fourth-order valence-corrected chi connectivity index (χ4v) is 15.4. The highest BCUT2D eigenvalue weighted by Gasteiger charge is 2.29. The van der Waals surface area contributed by atoms with Crippen LogP contribution in [0.3, 0.4) is 0 Å². The van der Waals surface area contributed by atoms with Gasteiger partial charge in [0.2, 0.25) is 0 Å². The topological polar surface area (TPSA) is 0 Å². The zero-order valence-corrected chi connectivity index (χ0v) is 67.5. The van der Waals surface area contributed by atoms with E-state index in [0.717, 1.165) is 88.8 Å². The monoisotopic (exact) mass is 1320 g/mol. The second-order valence-corrected chi connectivity index (χ2v) is 32.4. The molecule has 0 amide bonds. The first kappa shape index (κ1) is 88.4. The Kier molecular flexibility index (Phi) is 48.5. The van der Waals surface area contributed by atoms with Gasteiger partial charge >= 0.3 is 0 Å². The molecule has 7 rings (SSSR count). The summed E-state index contributed by atoms with van der Waals surface area (Å²) in [5, 5.41) is 0. The molecule has 1 fully saturated rings. The van der Waals surface area contributed by atoms with E-state index in [-0.39, 0.29) is 0 Å². The molecule has 1 saturated carbocycles. The summed E-state index contributed by atoms with van der Waals surface area (Å²) in [6, 6.07) is 66.2. The zero-order valence-electron chi connectivity index (χ0n) is 67.5. The summed E-state index contributed by atoms with van der Waals surface area (Å²) in [5.74, 6) is 12.0. The van der Waals surface area contributed by atoms with E-state index in [0.29, 0.717) is 5.41 Å². The van der Waals surface area contributed by atoms with Gasteiger partial charge in [-0.3, -0.25) is 0 Å². The Bertz CT molecular complexity index is 2630. The standard InChI is InChI=1S/C18H28.C18H30.C17H28.C16H26.2C14H22/c1-3-4-14-18(17-12-6-5-7-13-17)15(2)16-10-8-9-11-16;1-5-11-18(17-12-9-8-10-13-17)14-15(4)16(6-2)7-3;1-6-10-16(13-14(2)17(3,4)5)15-11-8-7-9-12-15;1-5-6-12-16(14(4)13(2)3)15-10-8-7-9-11-15;1-4-13(11-10-12(2)3)14-8-6-5-7-9-14;1-4-8-14(11-12(2)3)13-9-6-5-7-10-13/h5-7,12-13,15-16,18H,3-4,8-11,14H2,1-2H3;8-10,12-13,15-16,18H,5-7,11,14H2,1-4H3;7-9,11-12,14,16H,6,10,13H2,1-5H3;7-11,13-14,16H,5-6,12H2,1-4H3;5-9,12-13H,4,10-11H2,1-3H3;5-7,9-10,12,14H,4,8,11H2,1-3H3/t2*15-,18?;2*14-,16?;;/m0110../s1. The van der Waals surface area contributed by atoms with Crippen molar-refractivity contribution in [1.82, 2.24) is 0 Å². The smallest absolute Gasteiger partial charge is 0.0134 e. The van der Waals surface area contributed by atoms with Crippen LogP contribution in [0.2, 0.25) is 0 Å². The first-order valence-electron chi connectivity index (χ1n) is 40.9. The Labute approximate surface area is 605 Å². The summed E-state index contributed by atoms with van der Waals surface area (Å²) in [6.45, 7) is 49.1. The maximum Gasteiger partial charge on any atom is -0.0134 e. The number of benzene rings is 6. The van der Waals surface area contributed by atoms with Gasteiger partial charge in [0.25, 0.3) is 0 Å². The highest BCUT2D eigenvalue weighted by atomic mass is 14.3. The van der Waals surface area contributed by atoms with Gasteiger partial charge in [-0.05, 0) is 192 Å². The Morgan fingerprint density at radius 2 is 0.670 bits per heavy atom. The molecule has 0 heteroatoms. The van der Waals surface area contributed by atoms with Gasteiger partial charge in [0.1, 0.15) is 0 Å². The first-order chi connectivity index (χ1) is 46.6. The Morgan fingerprint density at radius 1 is 0.330 bits per heavy atom. The third-order valence-corrected chi connectivity index (χ3v) is 22.6. The van der Waals surface area contributed by atoms with Gasteiger partial charge in [-0.1, -0.05) is 417 Å². The predicted molar refractivity (Wildman–Crippen MR) is 439 cm³/mol. The highest BCUT2D eigenvalue weighted by Crippen LogP contribution is 2.42. The Hall–Kier alpha value is -4.68. The first-order valence-corrected chi connectivity index (χ1v) is 40.9. The molecule has 0 nitrogen and oxygen atoms in total. The molecular weight excluding hydrogens is 1170 g/mol. The summed E-state index contributed by atoms with van der Waals surface area (Å²) in [7, 11) is 0. The number of hydrogen-bond donors (Lipinski definition) is 0. The van der Waals surface area contributed by atoms with Crippen molar-refractivity contribution >= 4 is 0 Å². The fraction of sp³-hybridized carbons (Fsp3) is 0.629. The van der Waals surface area contributed by atoms with Crippen molar-refractivity contribution in [3.05, 3.63) is 215 Å². The van der Waals surface area contributed by atoms with Crippen molar-refractivity contribution in [2.24, 2.45) is 58.7 Å². The van der Waals surface area contributed by atoms with Crippen molar-refractivity contribution in [2.45, 2.75) is 335 Å². The molecular formula is C97H156. The minimum atomic E-state index is 0.417. The lowest BCUT2D eigenvalue weighted by Gasteiger charge is -2.31. The minimum absolute atomic E-state index is 0.417. The van der Waals surface area contributed by atoms with Crippen molar-refractivity contribution < 1.29 is 0 Å². The fourth-order valence-electron chi connectivity index (χ4n) is 15.4. The van der Waals surface area contributed by atoms with Crippen LogP contribution in [0.25, 0.3) is 0 Å². The molecule has 0 radical (unpaired) electrons. The lowest BCUT2D eigenvalue weighted by molar-refractivity contribution is 0.229. The van der Waals surface area contributed by atoms with E-state index in [9.17, 15) is 0 Å². The Balaban J connectivity index is 0.000000397. The van der Waals surface area contributed by atoms with E-state index in [4.69, 9.17) is 0 Å². The second kappa shape index (κ2) is 53.2. The van der Waals surface area contributed by atoms with Crippen LogP contribution in [0.1, 0.15) is 368 Å². The van der Waals surface area contributed by atoms with Crippen molar-refractivity contribution in [1.29, 1.82) is 0 Å². The molecule has 10 atom stereocenters. The molecule has 1 aliphatic rings. The molecule has 1 aliphatic carbocycles. The minimum Gasteiger partial charge on any atom is -0.0654 e. The van der Waals surface area contributed by atoms with Gasteiger partial charge < -0.3 is 0 Å². The maximum atomic E-state index is 2.50. The van der Waals surface area contributed by atoms with E-state index < -0.39 is 0 Å². The van der Waals surface area contributed by atoms with Gasteiger partial charge in [-0.15, -0.1) is 0 Å². The van der Waals surface area contributed by atoms with Crippen LogP contribution in [0.15, 0.2) is 182 Å². The summed E-state index contributed by atoms with van der Waals surface area (Å²) < 4.78 is 0. The summed E-state index contributed by atoms with van der Waals surface area (Å²) in [6.07, 6.45) is 32.3. The number of hydrogen-bond acceptors (Lipinski definition) is 0. The normalized spacial score (nSPS) is 15.4. The zero-order chi connectivity index (χ0) is 71.8. The van der Waals surface area contributed by atoms with E-state index in [1.807, 2.05) is 0 Å². The van der Waals surface area contributed by atoms with Crippen LogP contribution in [0, 0.1) is 58.7 Å². The Morgan fingerprint density at radius 3 is 0.990 bits per heavy atom. The average molecular weight is 1320 g/mol. The van der Waals surface area contributed by atoms with Crippen LogP contribution in [0.4, 0.5) is 0 Å². The van der Waals surface area contributed by atoms with E-state index >= 15 is 0 Å². The van der Waals surface area contributed by atoms with Gasteiger partial charge in [0, 0.05) is 0 Å². The van der Waals surface area contributed by atoms with Crippen LogP contribution in [-0.2, 0) is 0 Å². The number of rotatable bonds is 35. The lowest BCUT2D eigenvalue weighted by Crippen LogP contribution is -2.19. The number of unbranched alkanes of at least 4 members (excludes halogenated alkanes) is 2. The van der Waals surface area contributed by atoms with Crippen molar-refractivity contribution in [3.8, 4) is 0 Å². The van der Waals surface area contributed by atoms with E-state index in [2.05, 4.69) is 327 Å². The molecule has 0 heterocycles. The summed E-state index contributed by atoms with van der Waals surface area (Å²) in [4.78, 5) is 0. The van der Waals surface area contributed by atoms with E-state index in [1.165, 1.54) is 182 Å². The maximum absolute atomic E-state index is 2.50. The van der Waals surface area contributed by atoms with Gasteiger partial charge in [-0.2, -0.15) is 0 Å². The molecule has 6 unspecified atom stereocenters. The molecule has 97 heavy (non-hydrogen) atoms. The average Bonchev–Trinajstić information content (AvgIpc) is 1.89. The van der Waals surface area contributed by atoms with Crippen molar-refractivity contribution in [3.63, 3.8) is 0 Å². The molecule has 0 spiro atoms. The quantitative estimate of drug-likeness (QED) is 0.0372. The molecule has 6 aromatic rings. The molecule has 0 N–H and O–H groups in total. The molecule has 0 bridgehead atoms. The molecule has 0 aromatic heterocycles. The van der Waals surface area contributed by atoms with Crippen LogP contribution < -0.4 is 0 Å². The van der Waals surface area contributed by atoms with Crippen LogP contribution in [0.5, 0.6) is 0 Å². The largest absolute Gasteiger partial charge is 0.0654 e. The van der Waals surface area contributed by atoms with Gasteiger partial charge in [-0.25, -0.2) is 0 Å². The summed E-state index contributed by atoms with van der Waals surface area (Å²) >= 11 is 0. The second-order valence-electron chi connectivity index (χ2n) is 32.4. The van der Waals surface area contributed by atoms with Crippen LogP contribution >= 0.6 is 0 Å². The highest BCUT2D eigenvalue weighted by molar-refractivity contribution is 5.24. The van der Waals surface area contributed by atoms with Crippen molar-refractivity contribution in [2.75, 3.05) is 0 Å². The predicted octanol–water partition coefficient (Wildman–Crippen LogP) is 31.9. The summed E-state index contributed by atoms with van der Waals surface area (Å²) in [5.41, 5.74) is 9.60. The molecule has 0 aliphatic heterocycles. The van der Waals surface area contributed by atoms with E-state index in [1.54, 1.807) is 5.56 Å². The van der Waals surface area contributed by atoms with Gasteiger partial charge in [0.15, 0.2) is 0 Å². The van der Waals surface area contributed by atoms with Gasteiger partial charge in [0.05, 0.1) is 0 Å². The third-order valence-electron chi connectivity index (χ3n) is 22.6. The molecule has 544 valence electrons. The molecule has 0 saturated heterocycles.